The maximum Gasteiger partial charge on any atom is 0.237 e. The summed E-state index contributed by atoms with van der Waals surface area (Å²) in [4.78, 5) is 11.7. The number of hydrogen-bond donors (Lipinski definition) is 1. The van der Waals surface area contributed by atoms with Crippen LogP contribution in [0.5, 0.6) is 5.75 Å². The van der Waals surface area contributed by atoms with Crippen LogP contribution >= 0.6 is 0 Å². The van der Waals surface area contributed by atoms with Crippen LogP contribution in [0, 0.1) is 17.2 Å². The van der Waals surface area contributed by atoms with Crippen molar-refractivity contribution in [3.05, 3.63) is 29.8 Å². The largest absolute Gasteiger partial charge is 0.497 e. The lowest BCUT2D eigenvalue weighted by atomic mass is 10.0. The van der Waals surface area contributed by atoms with Crippen LogP contribution in [0.25, 0.3) is 0 Å². The Balaban J connectivity index is 2.37. The Morgan fingerprint density at radius 3 is 2.63 bits per heavy atom. The van der Waals surface area contributed by atoms with Gasteiger partial charge in [-0.3, -0.25) is 4.79 Å². The van der Waals surface area contributed by atoms with Crippen molar-refractivity contribution in [1.29, 1.82) is 5.26 Å². The van der Waals surface area contributed by atoms with Crippen molar-refractivity contribution in [2.45, 2.75) is 26.2 Å². The number of ether oxygens (including phenoxy) is 1. The number of nitriles is 1. The summed E-state index contributed by atoms with van der Waals surface area (Å²) in [5, 5.41) is 11.7. The van der Waals surface area contributed by atoms with E-state index in [2.05, 4.69) is 5.32 Å². The molecule has 0 heterocycles. The molecule has 0 aliphatic heterocycles. The van der Waals surface area contributed by atoms with Crippen molar-refractivity contribution in [1.82, 2.24) is 5.32 Å². The number of benzene rings is 1. The van der Waals surface area contributed by atoms with E-state index in [1.54, 1.807) is 7.11 Å². The Kier molecular flexibility index (Phi) is 6.45. The number of rotatable bonds is 7. The van der Waals surface area contributed by atoms with Crippen LogP contribution in [0.3, 0.4) is 0 Å². The van der Waals surface area contributed by atoms with Gasteiger partial charge in [-0.25, -0.2) is 0 Å². The van der Waals surface area contributed by atoms with E-state index in [9.17, 15) is 4.79 Å². The second-order valence-corrected chi connectivity index (χ2v) is 4.36. The molecule has 0 aromatic heterocycles. The van der Waals surface area contributed by atoms with E-state index in [4.69, 9.17) is 10.00 Å². The summed E-state index contributed by atoms with van der Waals surface area (Å²) >= 11 is 0. The molecule has 0 aliphatic carbocycles. The summed E-state index contributed by atoms with van der Waals surface area (Å²) in [6.45, 7) is 2.52. The van der Waals surface area contributed by atoms with E-state index in [0.717, 1.165) is 24.2 Å². The molecule has 1 amide bonds. The van der Waals surface area contributed by atoms with Gasteiger partial charge in [0.25, 0.3) is 0 Å². The van der Waals surface area contributed by atoms with E-state index in [-0.39, 0.29) is 5.91 Å². The Morgan fingerprint density at radius 1 is 1.42 bits per heavy atom. The first kappa shape index (κ1) is 15.0. The minimum atomic E-state index is -0.527. The number of hydrogen-bond acceptors (Lipinski definition) is 3. The molecule has 1 aromatic rings. The summed E-state index contributed by atoms with van der Waals surface area (Å²) in [6, 6.07) is 9.77. The molecule has 0 saturated heterocycles. The summed E-state index contributed by atoms with van der Waals surface area (Å²) < 4.78 is 5.08. The van der Waals surface area contributed by atoms with Gasteiger partial charge in [0, 0.05) is 6.54 Å². The lowest BCUT2D eigenvalue weighted by Crippen LogP contribution is -2.31. The van der Waals surface area contributed by atoms with Crippen LogP contribution < -0.4 is 10.1 Å². The molecule has 1 unspecified atom stereocenters. The van der Waals surface area contributed by atoms with E-state index in [0.29, 0.717) is 13.0 Å². The van der Waals surface area contributed by atoms with Crippen LogP contribution in [0.1, 0.15) is 25.3 Å². The fourth-order valence-corrected chi connectivity index (χ4v) is 1.79. The highest BCUT2D eigenvalue weighted by molar-refractivity contribution is 5.80. The van der Waals surface area contributed by atoms with Gasteiger partial charge in [-0.15, -0.1) is 0 Å². The van der Waals surface area contributed by atoms with E-state index in [1.165, 1.54) is 0 Å². The first-order valence-corrected chi connectivity index (χ1v) is 6.51. The quantitative estimate of drug-likeness (QED) is 0.818. The smallest absolute Gasteiger partial charge is 0.237 e. The average Bonchev–Trinajstić information content (AvgIpc) is 2.45. The lowest BCUT2D eigenvalue weighted by molar-refractivity contribution is -0.123. The van der Waals surface area contributed by atoms with Gasteiger partial charge in [0.15, 0.2) is 0 Å². The monoisotopic (exact) mass is 260 g/mol. The van der Waals surface area contributed by atoms with Crippen LogP contribution in [0.4, 0.5) is 0 Å². The first-order valence-electron chi connectivity index (χ1n) is 6.51. The lowest BCUT2D eigenvalue weighted by Gasteiger charge is -2.09. The standard InChI is InChI=1S/C15H20N2O2/c1-3-4-13(11-16)15(18)17-10-9-12-5-7-14(19-2)8-6-12/h5-8,13H,3-4,9-10H2,1-2H3,(H,17,18). The molecule has 1 rings (SSSR count). The van der Waals surface area contributed by atoms with Gasteiger partial charge < -0.3 is 10.1 Å². The Hall–Kier alpha value is -2.02. The van der Waals surface area contributed by atoms with Gasteiger partial charge in [-0.1, -0.05) is 25.5 Å². The molecule has 0 radical (unpaired) electrons. The average molecular weight is 260 g/mol. The van der Waals surface area contributed by atoms with Gasteiger partial charge in [-0.05, 0) is 30.5 Å². The highest BCUT2D eigenvalue weighted by atomic mass is 16.5. The zero-order chi connectivity index (χ0) is 14.1. The normalized spacial score (nSPS) is 11.4. The molecule has 0 aliphatic rings. The SMILES string of the molecule is CCCC(C#N)C(=O)NCCc1ccc(OC)cc1. The predicted octanol–water partition coefficient (Wildman–Crippen LogP) is 2.29. The topological polar surface area (TPSA) is 62.1 Å². The maximum atomic E-state index is 11.7. The molecule has 1 N–H and O–H groups in total. The highest BCUT2D eigenvalue weighted by Crippen LogP contribution is 2.11. The fraction of sp³-hybridized carbons (Fsp3) is 0.467. The van der Waals surface area contributed by atoms with Crippen molar-refractivity contribution < 1.29 is 9.53 Å². The van der Waals surface area contributed by atoms with Crippen molar-refractivity contribution >= 4 is 5.91 Å². The van der Waals surface area contributed by atoms with Crippen molar-refractivity contribution in [3.8, 4) is 11.8 Å². The summed E-state index contributed by atoms with van der Waals surface area (Å²) in [5.41, 5.74) is 1.13. The molecular formula is C15H20N2O2. The third-order valence-electron chi connectivity index (χ3n) is 2.92. The predicted molar refractivity (Wildman–Crippen MR) is 73.7 cm³/mol. The summed E-state index contributed by atoms with van der Waals surface area (Å²) in [6.07, 6.45) is 2.20. The van der Waals surface area contributed by atoms with Gasteiger partial charge in [-0.2, -0.15) is 5.26 Å². The van der Waals surface area contributed by atoms with E-state index >= 15 is 0 Å². The molecule has 4 nitrogen and oxygen atoms in total. The van der Waals surface area contributed by atoms with Crippen molar-refractivity contribution in [2.75, 3.05) is 13.7 Å². The Bertz CT molecular complexity index is 434. The maximum absolute atomic E-state index is 11.7. The molecule has 0 saturated carbocycles. The number of methoxy groups -OCH3 is 1. The highest BCUT2D eigenvalue weighted by Gasteiger charge is 2.15. The van der Waals surface area contributed by atoms with E-state index in [1.807, 2.05) is 37.3 Å². The van der Waals surface area contributed by atoms with E-state index < -0.39 is 5.92 Å². The number of nitrogens with zero attached hydrogens (tertiary/aromatic N) is 1. The number of nitrogens with one attached hydrogen (secondary N) is 1. The molecule has 4 heteroatoms. The zero-order valence-electron chi connectivity index (χ0n) is 11.5. The molecule has 102 valence electrons. The Morgan fingerprint density at radius 2 is 2.11 bits per heavy atom. The minimum absolute atomic E-state index is 0.169. The second-order valence-electron chi connectivity index (χ2n) is 4.36. The van der Waals surface area contributed by atoms with Gasteiger partial charge in [0.1, 0.15) is 11.7 Å². The zero-order valence-corrected chi connectivity index (χ0v) is 11.5. The molecule has 0 fully saturated rings. The molecule has 0 spiro atoms. The van der Waals surface area contributed by atoms with Crippen LogP contribution in [-0.4, -0.2) is 19.6 Å². The molecule has 1 atom stereocenters. The van der Waals surface area contributed by atoms with Crippen LogP contribution in [-0.2, 0) is 11.2 Å². The summed E-state index contributed by atoms with van der Waals surface area (Å²) in [7, 11) is 1.63. The summed E-state index contributed by atoms with van der Waals surface area (Å²) in [5.74, 6) is 0.124. The fourth-order valence-electron chi connectivity index (χ4n) is 1.79. The molecular weight excluding hydrogens is 240 g/mol. The van der Waals surface area contributed by atoms with Crippen LogP contribution in [0.15, 0.2) is 24.3 Å². The molecule has 1 aromatic carbocycles. The number of carbonyl (C=O) groups is 1. The van der Waals surface area contributed by atoms with Crippen molar-refractivity contribution in [3.63, 3.8) is 0 Å². The van der Waals surface area contributed by atoms with Crippen LogP contribution in [0.2, 0.25) is 0 Å². The van der Waals surface area contributed by atoms with Crippen molar-refractivity contribution in [2.24, 2.45) is 5.92 Å². The van der Waals surface area contributed by atoms with Gasteiger partial charge in [0.2, 0.25) is 5.91 Å². The third-order valence-corrected chi connectivity index (χ3v) is 2.92. The first-order chi connectivity index (χ1) is 9.21. The number of carbonyl (C=O) groups excluding carboxylic acids is 1. The second kappa shape index (κ2) is 8.15. The minimum Gasteiger partial charge on any atom is -0.497 e. The van der Waals surface area contributed by atoms with Gasteiger partial charge in [0.05, 0.1) is 13.2 Å². The molecule has 19 heavy (non-hydrogen) atoms. The Labute approximate surface area is 114 Å². The van der Waals surface area contributed by atoms with Gasteiger partial charge >= 0.3 is 0 Å². The number of amides is 1. The molecule has 0 bridgehead atoms. The third kappa shape index (κ3) is 5.01.